The summed E-state index contributed by atoms with van der Waals surface area (Å²) in [5.74, 6) is -1.86. The molecule has 7 heteroatoms. The summed E-state index contributed by atoms with van der Waals surface area (Å²) < 4.78 is 13.9. The third-order valence-electron chi connectivity index (χ3n) is 3.42. The van der Waals surface area contributed by atoms with Crippen LogP contribution in [0.2, 0.25) is 0 Å². The van der Waals surface area contributed by atoms with Gasteiger partial charge in [0.25, 0.3) is 5.91 Å². The largest absolute Gasteiger partial charge is 0.480 e. The number of aryl methyl sites for hydroxylation is 1. The van der Waals surface area contributed by atoms with Gasteiger partial charge in [0.2, 0.25) is 0 Å². The number of rotatable bonds is 6. The molecule has 24 heavy (non-hydrogen) atoms. The van der Waals surface area contributed by atoms with Crippen molar-refractivity contribution in [3.63, 3.8) is 0 Å². The van der Waals surface area contributed by atoms with E-state index in [4.69, 9.17) is 0 Å². The maximum Gasteiger partial charge on any atom is 0.326 e. The number of nitrogens with one attached hydrogen (secondary N) is 1. The van der Waals surface area contributed by atoms with E-state index in [9.17, 15) is 19.1 Å². The van der Waals surface area contributed by atoms with Gasteiger partial charge in [0.05, 0.1) is 5.69 Å². The standard InChI is InChI=1S/C17H19FN2O3S/c1-9(2)8-13(17(22)23)20-15(21)14-10(3)19-16(24-14)11-6-4-5-7-12(11)18/h4-7,9,13H,8H2,1-3H3,(H,20,21)(H,22,23)/t13-/m0/s1. The van der Waals surface area contributed by atoms with E-state index in [1.165, 1.54) is 6.07 Å². The molecule has 0 aliphatic rings. The maximum atomic E-state index is 13.9. The number of nitrogens with zero attached hydrogens (tertiary/aromatic N) is 1. The summed E-state index contributed by atoms with van der Waals surface area (Å²) in [7, 11) is 0. The Labute approximate surface area is 143 Å². The lowest BCUT2D eigenvalue weighted by atomic mass is 10.0. The Kier molecular flexibility index (Phi) is 5.66. The van der Waals surface area contributed by atoms with Gasteiger partial charge in [0.15, 0.2) is 0 Å². The smallest absolute Gasteiger partial charge is 0.326 e. The highest BCUT2D eigenvalue weighted by atomic mass is 32.1. The second-order valence-electron chi connectivity index (χ2n) is 5.91. The first-order valence-electron chi connectivity index (χ1n) is 7.55. The van der Waals surface area contributed by atoms with Crippen molar-refractivity contribution in [3.05, 3.63) is 40.7 Å². The van der Waals surface area contributed by atoms with Gasteiger partial charge in [-0.25, -0.2) is 14.2 Å². The van der Waals surface area contributed by atoms with E-state index in [1.807, 2.05) is 13.8 Å². The van der Waals surface area contributed by atoms with Crippen molar-refractivity contribution in [1.82, 2.24) is 10.3 Å². The lowest BCUT2D eigenvalue weighted by Gasteiger charge is -2.15. The van der Waals surface area contributed by atoms with E-state index in [1.54, 1.807) is 25.1 Å². The number of carboxylic acids is 1. The third kappa shape index (κ3) is 4.17. The fraction of sp³-hybridized carbons (Fsp3) is 0.353. The predicted molar refractivity (Wildman–Crippen MR) is 90.6 cm³/mol. The average molecular weight is 350 g/mol. The molecule has 1 amide bonds. The van der Waals surface area contributed by atoms with E-state index in [2.05, 4.69) is 10.3 Å². The van der Waals surface area contributed by atoms with E-state index in [-0.39, 0.29) is 5.92 Å². The molecule has 0 saturated heterocycles. The van der Waals surface area contributed by atoms with Crippen molar-refractivity contribution in [3.8, 4) is 10.6 Å². The summed E-state index contributed by atoms with van der Waals surface area (Å²) >= 11 is 1.05. The highest BCUT2D eigenvalue weighted by molar-refractivity contribution is 7.17. The number of thiazole rings is 1. The first kappa shape index (κ1) is 18.1. The van der Waals surface area contributed by atoms with Crippen molar-refractivity contribution in [2.45, 2.75) is 33.2 Å². The van der Waals surface area contributed by atoms with E-state index in [0.29, 0.717) is 27.6 Å². The Bertz CT molecular complexity index is 758. The molecule has 0 spiro atoms. The molecule has 1 aromatic heterocycles. The van der Waals surface area contributed by atoms with Crippen molar-refractivity contribution in [2.75, 3.05) is 0 Å². The number of carboxylic acid groups (broad SMARTS) is 1. The zero-order valence-electron chi connectivity index (χ0n) is 13.7. The van der Waals surface area contributed by atoms with Crippen LogP contribution in [0.4, 0.5) is 4.39 Å². The Morgan fingerprint density at radius 3 is 2.58 bits per heavy atom. The second kappa shape index (κ2) is 7.53. The van der Waals surface area contributed by atoms with Crippen LogP contribution in [0.3, 0.4) is 0 Å². The molecule has 128 valence electrons. The summed E-state index contributed by atoms with van der Waals surface area (Å²) in [6.07, 6.45) is 0.332. The number of halogens is 1. The van der Waals surface area contributed by atoms with E-state index < -0.39 is 23.7 Å². The normalized spacial score (nSPS) is 12.2. The number of aliphatic carboxylic acids is 1. The van der Waals surface area contributed by atoms with Crippen LogP contribution < -0.4 is 5.32 Å². The van der Waals surface area contributed by atoms with Gasteiger partial charge in [-0.2, -0.15) is 0 Å². The minimum atomic E-state index is -1.08. The van der Waals surface area contributed by atoms with Crippen LogP contribution in [-0.4, -0.2) is 28.0 Å². The lowest BCUT2D eigenvalue weighted by Crippen LogP contribution is -2.41. The Hall–Kier alpha value is -2.28. The van der Waals surface area contributed by atoms with Crippen LogP contribution in [0, 0.1) is 18.7 Å². The molecule has 1 aromatic carbocycles. The summed E-state index contributed by atoms with van der Waals surface area (Å²) in [4.78, 5) is 28.2. The summed E-state index contributed by atoms with van der Waals surface area (Å²) in [5, 5.41) is 12.1. The fourth-order valence-electron chi connectivity index (χ4n) is 2.27. The molecule has 0 bridgehead atoms. The van der Waals surface area contributed by atoms with Gasteiger partial charge >= 0.3 is 5.97 Å². The Balaban J connectivity index is 2.25. The number of aromatic nitrogens is 1. The van der Waals surface area contributed by atoms with Crippen LogP contribution in [0.25, 0.3) is 10.6 Å². The Morgan fingerprint density at radius 1 is 1.33 bits per heavy atom. The second-order valence-corrected chi connectivity index (χ2v) is 6.91. The van der Waals surface area contributed by atoms with E-state index in [0.717, 1.165) is 11.3 Å². The highest BCUT2D eigenvalue weighted by Gasteiger charge is 2.24. The van der Waals surface area contributed by atoms with Gasteiger partial charge in [0, 0.05) is 5.56 Å². The molecular weight excluding hydrogens is 331 g/mol. The summed E-state index contributed by atoms with van der Waals surface area (Å²) in [6, 6.07) is 5.23. The summed E-state index contributed by atoms with van der Waals surface area (Å²) in [5.41, 5.74) is 0.769. The summed E-state index contributed by atoms with van der Waals surface area (Å²) in [6.45, 7) is 5.42. The number of hydrogen-bond donors (Lipinski definition) is 2. The predicted octanol–water partition coefficient (Wildman–Crippen LogP) is 3.49. The van der Waals surface area contributed by atoms with Gasteiger partial charge in [-0.3, -0.25) is 4.79 Å². The molecule has 0 saturated carbocycles. The SMILES string of the molecule is Cc1nc(-c2ccccc2F)sc1C(=O)N[C@@H](CC(C)C)C(=O)O. The number of carbonyl (C=O) groups excluding carboxylic acids is 1. The molecule has 0 unspecified atom stereocenters. The quantitative estimate of drug-likeness (QED) is 0.836. The third-order valence-corrected chi connectivity index (χ3v) is 4.61. The van der Waals surface area contributed by atoms with Crippen LogP contribution in [0.15, 0.2) is 24.3 Å². The van der Waals surface area contributed by atoms with Gasteiger partial charge in [-0.15, -0.1) is 11.3 Å². The Morgan fingerprint density at radius 2 is 2.00 bits per heavy atom. The minimum Gasteiger partial charge on any atom is -0.480 e. The minimum absolute atomic E-state index is 0.128. The number of carbonyl (C=O) groups is 2. The van der Waals surface area contributed by atoms with Crippen LogP contribution in [0.5, 0.6) is 0 Å². The number of benzene rings is 1. The van der Waals surface area contributed by atoms with Crippen molar-refractivity contribution >= 4 is 23.2 Å². The van der Waals surface area contributed by atoms with Crippen LogP contribution in [0.1, 0.15) is 35.6 Å². The average Bonchev–Trinajstić information content (AvgIpc) is 2.88. The van der Waals surface area contributed by atoms with Gasteiger partial charge in [-0.1, -0.05) is 26.0 Å². The van der Waals surface area contributed by atoms with Crippen molar-refractivity contribution in [2.24, 2.45) is 5.92 Å². The molecule has 2 aromatic rings. The molecule has 1 atom stereocenters. The van der Waals surface area contributed by atoms with Gasteiger partial charge in [-0.05, 0) is 31.4 Å². The first-order valence-corrected chi connectivity index (χ1v) is 8.37. The van der Waals surface area contributed by atoms with Crippen molar-refractivity contribution < 1.29 is 19.1 Å². The molecule has 1 heterocycles. The topological polar surface area (TPSA) is 79.3 Å². The monoisotopic (exact) mass is 350 g/mol. The lowest BCUT2D eigenvalue weighted by molar-refractivity contribution is -0.139. The van der Waals surface area contributed by atoms with E-state index >= 15 is 0 Å². The van der Waals surface area contributed by atoms with Crippen LogP contribution >= 0.6 is 11.3 Å². The zero-order valence-corrected chi connectivity index (χ0v) is 14.5. The van der Waals surface area contributed by atoms with Gasteiger partial charge < -0.3 is 10.4 Å². The molecule has 0 radical (unpaired) electrons. The molecule has 0 aliphatic carbocycles. The van der Waals surface area contributed by atoms with Crippen molar-refractivity contribution in [1.29, 1.82) is 0 Å². The molecular formula is C17H19FN2O3S. The van der Waals surface area contributed by atoms with Gasteiger partial charge in [0.1, 0.15) is 21.7 Å². The zero-order chi connectivity index (χ0) is 17.9. The molecule has 2 rings (SSSR count). The van der Waals surface area contributed by atoms with Crippen LogP contribution in [-0.2, 0) is 4.79 Å². The maximum absolute atomic E-state index is 13.9. The number of hydrogen-bond acceptors (Lipinski definition) is 4. The molecule has 2 N–H and O–H groups in total. The fourth-order valence-corrected chi connectivity index (χ4v) is 3.27. The molecule has 0 fully saturated rings. The first-order chi connectivity index (χ1) is 11.3. The number of amides is 1. The highest BCUT2D eigenvalue weighted by Crippen LogP contribution is 2.29. The molecule has 0 aliphatic heterocycles. The molecule has 5 nitrogen and oxygen atoms in total.